The molecule has 0 saturated heterocycles. The molecule has 1 heteroatoms. The van der Waals surface area contributed by atoms with Crippen LogP contribution in [0.2, 0.25) is 0 Å². The van der Waals surface area contributed by atoms with Crippen molar-refractivity contribution in [3.05, 3.63) is 24.8 Å². The summed E-state index contributed by atoms with van der Waals surface area (Å²) in [5.74, 6) is 1.10. The lowest BCUT2D eigenvalue weighted by molar-refractivity contribution is -0.110. The predicted octanol–water partition coefficient (Wildman–Crippen LogP) is 2.59. The first kappa shape index (κ1) is 9.24. The fourth-order valence-corrected chi connectivity index (χ4v) is 1.63. The lowest BCUT2D eigenvalue weighted by atomic mass is 9.82. The van der Waals surface area contributed by atoms with E-state index in [0.717, 1.165) is 12.7 Å². The van der Waals surface area contributed by atoms with Crippen molar-refractivity contribution in [3.8, 4) is 0 Å². The molecule has 1 rings (SSSR count). The Balaban J connectivity index is 2.58. The zero-order valence-corrected chi connectivity index (χ0v) is 7.57. The van der Waals surface area contributed by atoms with Gasteiger partial charge in [0.15, 0.2) is 0 Å². The average molecular weight is 164 g/mol. The molecule has 0 spiro atoms. The van der Waals surface area contributed by atoms with Crippen LogP contribution in [0, 0.1) is 17.8 Å². The Bertz CT molecular complexity index is 185. The lowest BCUT2D eigenvalue weighted by Gasteiger charge is -2.22. The minimum absolute atomic E-state index is 0.0220. The Morgan fingerprint density at radius 3 is 2.67 bits per heavy atom. The van der Waals surface area contributed by atoms with E-state index in [9.17, 15) is 4.79 Å². The van der Waals surface area contributed by atoms with E-state index >= 15 is 0 Å². The van der Waals surface area contributed by atoms with Crippen molar-refractivity contribution in [2.45, 2.75) is 19.8 Å². The van der Waals surface area contributed by atoms with Crippen LogP contribution in [-0.2, 0) is 4.79 Å². The van der Waals surface area contributed by atoms with E-state index < -0.39 is 0 Å². The molecule has 0 unspecified atom stereocenters. The maximum Gasteiger partial charge on any atom is 0.127 e. The van der Waals surface area contributed by atoms with E-state index in [1.54, 1.807) is 6.08 Å². The van der Waals surface area contributed by atoms with Crippen LogP contribution >= 0.6 is 0 Å². The summed E-state index contributed by atoms with van der Waals surface area (Å²) in [4.78, 5) is 10.6. The molecule has 0 aromatic rings. The summed E-state index contributed by atoms with van der Waals surface area (Å²) in [5.41, 5.74) is 0. The van der Waals surface area contributed by atoms with Gasteiger partial charge in [0.05, 0.1) is 0 Å². The smallest absolute Gasteiger partial charge is 0.127 e. The minimum atomic E-state index is 0.0220. The molecule has 0 amide bonds. The molecule has 0 saturated carbocycles. The number of aldehydes is 1. The fraction of sp³-hybridized carbons (Fsp3) is 0.545. The van der Waals surface area contributed by atoms with Gasteiger partial charge in [-0.25, -0.2) is 0 Å². The number of carbonyl (C=O) groups excluding carboxylic acids is 1. The second-order valence-corrected chi connectivity index (χ2v) is 3.55. The molecule has 0 bridgehead atoms. The Hall–Kier alpha value is -0.850. The van der Waals surface area contributed by atoms with Crippen LogP contribution < -0.4 is 0 Å². The van der Waals surface area contributed by atoms with Crippen molar-refractivity contribution in [2.24, 2.45) is 17.8 Å². The molecule has 0 aromatic carbocycles. The van der Waals surface area contributed by atoms with Crippen LogP contribution in [0.15, 0.2) is 24.8 Å². The molecule has 1 aliphatic carbocycles. The Morgan fingerprint density at radius 2 is 2.25 bits per heavy atom. The first-order valence-electron chi connectivity index (χ1n) is 4.54. The first-order chi connectivity index (χ1) is 5.77. The van der Waals surface area contributed by atoms with Gasteiger partial charge in [-0.3, -0.25) is 0 Å². The molecule has 0 N–H and O–H groups in total. The lowest BCUT2D eigenvalue weighted by Crippen LogP contribution is -2.15. The summed E-state index contributed by atoms with van der Waals surface area (Å²) in [5, 5.41) is 0. The summed E-state index contributed by atoms with van der Waals surface area (Å²) in [7, 11) is 0. The number of carbonyl (C=O) groups is 1. The summed E-state index contributed by atoms with van der Waals surface area (Å²) in [6.45, 7) is 5.87. The van der Waals surface area contributed by atoms with E-state index in [4.69, 9.17) is 0 Å². The van der Waals surface area contributed by atoms with Crippen LogP contribution in [0.3, 0.4) is 0 Å². The number of hydrogen-bond acceptors (Lipinski definition) is 1. The zero-order chi connectivity index (χ0) is 8.97. The third-order valence-corrected chi connectivity index (χ3v) is 2.57. The average Bonchev–Trinajstić information content (AvgIpc) is 2.10. The Kier molecular flexibility index (Phi) is 3.27. The van der Waals surface area contributed by atoms with Crippen molar-refractivity contribution in [3.63, 3.8) is 0 Å². The zero-order valence-electron chi connectivity index (χ0n) is 7.57. The van der Waals surface area contributed by atoms with Crippen molar-refractivity contribution in [1.82, 2.24) is 0 Å². The van der Waals surface area contributed by atoms with Gasteiger partial charge in [-0.1, -0.05) is 25.2 Å². The molecule has 0 radical (unpaired) electrons. The predicted molar refractivity (Wildman–Crippen MR) is 50.8 cm³/mol. The maximum absolute atomic E-state index is 10.6. The van der Waals surface area contributed by atoms with E-state index in [0.29, 0.717) is 11.8 Å². The minimum Gasteiger partial charge on any atom is -0.303 e. The SMILES string of the molecule is C=C[C@H](C=O)[C@H]1C=C[C@H](C)CC1. The molecule has 3 atom stereocenters. The van der Waals surface area contributed by atoms with Gasteiger partial charge < -0.3 is 4.79 Å². The molecule has 0 fully saturated rings. The van der Waals surface area contributed by atoms with Crippen LogP contribution in [0.1, 0.15) is 19.8 Å². The monoisotopic (exact) mass is 164 g/mol. The highest BCUT2D eigenvalue weighted by Crippen LogP contribution is 2.27. The fourth-order valence-electron chi connectivity index (χ4n) is 1.63. The molecule has 1 nitrogen and oxygen atoms in total. The van der Waals surface area contributed by atoms with E-state index in [2.05, 4.69) is 25.7 Å². The van der Waals surface area contributed by atoms with Gasteiger partial charge in [0.1, 0.15) is 6.29 Å². The maximum atomic E-state index is 10.6. The van der Waals surface area contributed by atoms with Crippen LogP contribution in [0.25, 0.3) is 0 Å². The molecule has 0 heterocycles. The van der Waals surface area contributed by atoms with Crippen molar-refractivity contribution < 1.29 is 4.79 Å². The molecule has 0 aliphatic heterocycles. The third-order valence-electron chi connectivity index (χ3n) is 2.57. The quantitative estimate of drug-likeness (QED) is 0.463. The topological polar surface area (TPSA) is 17.1 Å². The van der Waals surface area contributed by atoms with Crippen molar-refractivity contribution >= 4 is 6.29 Å². The first-order valence-corrected chi connectivity index (χ1v) is 4.54. The Labute approximate surface area is 74.2 Å². The Morgan fingerprint density at radius 1 is 1.50 bits per heavy atom. The number of allylic oxidation sites excluding steroid dienone is 3. The summed E-state index contributed by atoms with van der Waals surface area (Å²) >= 11 is 0. The second kappa shape index (κ2) is 4.24. The summed E-state index contributed by atoms with van der Waals surface area (Å²) in [6.07, 6.45) is 9.42. The van der Waals surface area contributed by atoms with Gasteiger partial charge in [-0.05, 0) is 24.7 Å². The van der Waals surface area contributed by atoms with Crippen molar-refractivity contribution in [1.29, 1.82) is 0 Å². The molecule has 1 aliphatic rings. The van der Waals surface area contributed by atoms with Gasteiger partial charge in [0, 0.05) is 5.92 Å². The van der Waals surface area contributed by atoms with Gasteiger partial charge in [0.25, 0.3) is 0 Å². The second-order valence-electron chi connectivity index (χ2n) is 3.55. The summed E-state index contributed by atoms with van der Waals surface area (Å²) in [6, 6.07) is 0. The van der Waals surface area contributed by atoms with Gasteiger partial charge in [-0.15, -0.1) is 6.58 Å². The third kappa shape index (κ3) is 2.07. The molecular formula is C11H16O. The number of rotatable bonds is 3. The van der Waals surface area contributed by atoms with Gasteiger partial charge in [0.2, 0.25) is 0 Å². The standard InChI is InChI=1S/C11H16O/c1-3-10(8-12)11-6-4-9(2)5-7-11/h3-4,6,8-11H,1,5,7H2,2H3/t9-,10+,11-/m0/s1. The van der Waals surface area contributed by atoms with Gasteiger partial charge in [-0.2, -0.15) is 0 Å². The molecular weight excluding hydrogens is 148 g/mol. The molecule has 0 aromatic heterocycles. The van der Waals surface area contributed by atoms with Gasteiger partial charge >= 0.3 is 0 Å². The number of hydrogen-bond donors (Lipinski definition) is 0. The van der Waals surface area contributed by atoms with Crippen molar-refractivity contribution in [2.75, 3.05) is 0 Å². The van der Waals surface area contributed by atoms with E-state index in [-0.39, 0.29) is 5.92 Å². The van der Waals surface area contributed by atoms with Crippen LogP contribution in [-0.4, -0.2) is 6.29 Å². The van der Waals surface area contributed by atoms with Crippen LogP contribution in [0.4, 0.5) is 0 Å². The van der Waals surface area contributed by atoms with E-state index in [1.807, 2.05) is 0 Å². The summed E-state index contributed by atoms with van der Waals surface area (Å²) < 4.78 is 0. The van der Waals surface area contributed by atoms with Crippen LogP contribution in [0.5, 0.6) is 0 Å². The molecule has 12 heavy (non-hydrogen) atoms. The highest BCUT2D eigenvalue weighted by atomic mass is 16.1. The normalized spacial score (nSPS) is 31.1. The molecule has 66 valence electrons. The highest BCUT2D eigenvalue weighted by molar-refractivity contribution is 5.57. The van der Waals surface area contributed by atoms with E-state index in [1.165, 1.54) is 6.42 Å². The highest BCUT2D eigenvalue weighted by Gasteiger charge is 2.18. The largest absolute Gasteiger partial charge is 0.303 e.